The summed E-state index contributed by atoms with van der Waals surface area (Å²) in [6.45, 7) is 0. The van der Waals surface area contributed by atoms with E-state index < -0.39 is 0 Å². The summed E-state index contributed by atoms with van der Waals surface area (Å²) in [5.74, 6) is 2.30. The molecule has 1 aromatic heterocycles. The minimum atomic E-state index is 0.0906. The molecule has 1 aliphatic rings. The van der Waals surface area contributed by atoms with Crippen LogP contribution in [0.4, 0.5) is 5.82 Å². The van der Waals surface area contributed by atoms with Crippen LogP contribution in [0, 0.1) is 0 Å². The molecule has 4 nitrogen and oxygen atoms in total. The van der Waals surface area contributed by atoms with Gasteiger partial charge in [0.05, 0.1) is 6.20 Å². The van der Waals surface area contributed by atoms with Gasteiger partial charge < -0.3 is 5.32 Å². The number of rotatable bonds is 3. The van der Waals surface area contributed by atoms with Gasteiger partial charge in [-0.2, -0.15) is 16.9 Å². The molecule has 1 atom stereocenters. The number of fused-ring (bicyclic) bond motifs is 1. The number of thioether (sulfide) groups is 1. The minimum absolute atomic E-state index is 0.0906. The van der Waals surface area contributed by atoms with Crippen molar-refractivity contribution in [1.82, 2.24) is 10.2 Å². The topological polar surface area (TPSA) is 57.8 Å². The molecular formula is C9H13N3OS. The lowest BCUT2D eigenvalue weighted by atomic mass is 9.92. The lowest BCUT2D eigenvalue weighted by Gasteiger charge is -2.21. The molecule has 1 aliphatic heterocycles. The number of carbonyl (C=O) groups excluding carboxylic acids is 1. The number of anilines is 1. The summed E-state index contributed by atoms with van der Waals surface area (Å²) in [5.41, 5.74) is 1.15. The smallest absolute Gasteiger partial charge is 0.226 e. The number of carbonyl (C=O) groups is 1. The first-order valence-electron chi connectivity index (χ1n) is 4.63. The van der Waals surface area contributed by atoms with Gasteiger partial charge in [-0.05, 0) is 24.3 Å². The second kappa shape index (κ2) is 4.04. The number of nitrogens with one attached hydrogen (secondary N) is 2. The highest BCUT2D eigenvalue weighted by atomic mass is 32.2. The molecule has 2 N–H and O–H groups in total. The van der Waals surface area contributed by atoms with Crippen molar-refractivity contribution in [1.29, 1.82) is 0 Å². The first-order valence-corrected chi connectivity index (χ1v) is 6.02. The van der Waals surface area contributed by atoms with Crippen LogP contribution in [0.1, 0.15) is 24.3 Å². The Labute approximate surface area is 86.8 Å². The number of H-pyrrole nitrogens is 1. The number of amides is 1. The molecule has 0 radical (unpaired) electrons. The van der Waals surface area contributed by atoms with E-state index in [0.29, 0.717) is 12.3 Å². The molecule has 0 saturated heterocycles. The van der Waals surface area contributed by atoms with Gasteiger partial charge in [-0.15, -0.1) is 0 Å². The lowest BCUT2D eigenvalue weighted by molar-refractivity contribution is -0.116. The van der Waals surface area contributed by atoms with E-state index in [1.54, 1.807) is 0 Å². The minimum Gasteiger partial charge on any atom is -0.311 e. The molecule has 76 valence electrons. The van der Waals surface area contributed by atoms with Gasteiger partial charge in [0, 0.05) is 12.0 Å². The summed E-state index contributed by atoms with van der Waals surface area (Å²) in [7, 11) is 0. The second-order valence-electron chi connectivity index (χ2n) is 3.43. The molecule has 1 aromatic rings. The van der Waals surface area contributed by atoms with Crippen LogP contribution in [-0.4, -0.2) is 28.1 Å². The Morgan fingerprint density at radius 3 is 3.36 bits per heavy atom. The van der Waals surface area contributed by atoms with Gasteiger partial charge in [0.25, 0.3) is 0 Å². The van der Waals surface area contributed by atoms with Crippen molar-refractivity contribution in [3.05, 3.63) is 11.8 Å². The van der Waals surface area contributed by atoms with E-state index in [4.69, 9.17) is 0 Å². The largest absolute Gasteiger partial charge is 0.311 e. The maximum atomic E-state index is 11.3. The third-order valence-corrected chi connectivity index (χ3v) is 3.12. The van der Waals surface area contributed by atoms with Crippen LogP contribution in [0.25, 0.3) is 0 Å². The Balaban J connectivity index is 2.15. The zero-order valence-electron chi connectivity index (χ0n) is 8.04. The summed E-state index contributed by atoms with van der Waals surface area (Å²) >= 11 is 1.81. The molecule has 5 heteroatoms. The summed E-state index contributed by atoms with van der Waals surface area (Å²) in [4.78, 5) is 11.3. The standard InChI is InChI=1S/C9H13N3OS/c1-14-3-2-6-4-8(13)11-9-7(6)5-10-12-9/h5-6H,2-4H2,1H3,(H2,10,11,12,13). The highest BCUT2D eigenvalue weighted by Crippen LogP contribution is 2.33. The van der Waals surface area contributed by atoms with Crippen LogP contribution >= 0.6 is 11.8 Å². The zero-order valence-corrected chi connectivity index (χ0v) is 8.86. The Kier molecular flexibility index (Phi) is 2.77. The fourth-order valence-electron chi connectivity index (χ4n) is 1.75. The molecule has 0 aromatic carbocycles. The average Bonchev–Trinajstić information content (AvgIpc) is 2.61. The third-order valence-electron chi connectivity index (χ3n) is 2.48. The van der Waals surface area contributed by atoms with E-state index in [1.165, 1.54) is 0 Å². The second-order valence-corrected chi connectivity index (χ2v) is 4.42. The van der Waals surface area contributed by atoms with Crippen molar-refractivity contribution in [2.45, 2.75) is 18.8 Å². The molecule has 0 fully saturated rings. The number of aromatic amines is 1. The Hall–Kier alpha value is -0.970. The Bertz CT molecular complexity index is 337. The highest BCUT2D eigenvalue weighted by Gasteiger charge is 2.25. The molecule has 2 rings (SSSR count). The van der Waals surface area contributed by atoms with Crippen molar-refractivity contribution >= 4 is 23.5 Å². The van der Waals surface area contributed by atoms with Crippen molar-refractivity contribution in [3.63, 3.8) is 0 Å². The van der Waals surface area contributed by atoms with E-state index in [-0.39, 0.29) is 5.91 Å². The molecule has 1 unspecified atom stereocenters. The van der Waals surface area contributed by atoms with Gasteiger partial charge >= 0.3 is 0 Å². The Morgan fingerprint density at radius 1 is 1.71 bits per heavy atom. The van der Waals surface area contributed by atoms with Gasteiger partial charge in [0.15, 0.2) is 0 Å². The van der Waals surface area contributed by atoms with Gasteiger partial charge in [0.1, 0.15) is 5.82 Å². The summed E-state index contributed by atoms with van der Waals surface area (Å²) in [5, 5.41) is 9.54. The van der Waals surface area contributed by atoms with E-state index >= 15 is 0 Å². The number of aromatic nitrogens is 2. The predicted molar refractivity (Wildman–Crippen MR) is 57.6 cm³/mol. The molecule has 2 heterocycles. The van der Waals surface area contributed by atoms with E-state index in [1.807, 2.05) is 18.0 Å². The molecule has 0 spiro atoms. The average molecular weight is 211 g/mol. The zero-order chi connectivity index (χ0) is 9.97. The molecule has 0 bridgehead atoms. The molecule has 14 heavy (non-hydrogen) atoms. The maximum Gasteiger partial charge on any atom is 0.226 e. The Morgan fingerprint density at radius 2 is 2.57 bits per heavy atom. The van der Waals surface area contributed by atoms with E-state index in [2.05, 4.69) is 21.8 Å². The van der Waals surface area contributed by atoms with Crippen LogP contribution in [0.2, 0.25) is 0 Å². The first-order chi connectivity index (χ1) is 6.81. The van der Waals surface area contributed by atoms with Gasteiger partial charge in [-0.3, -0.25) is 9.89 Å². The quantitative estimate of drug-likeness (QED) is 0.798. The normalized spacial score (nSPS) is 20.4. The van der Waals surface area contributed by atoms with Crippen LogP contribution < -0.4 is 5.32 Å². The summed E-state index contributed by atoms with van der Waals surface area (Å²) < 4.78 is 0. The number of hydrogen-bond acceptors (Lipinski definition) is 3. The summed E-state index contributed by atoms with van der Waals surface area (Å²) in [6, 6.07) is 0. The third kappa shape index (κ3) is 1.77. The van der Waals surface area contributed by atoms with Crippen LogP contribution in [-0.2, 0) is 4.79 Å². The van der Waals surface area contributed by atoms with Crippen molar-refractivity contribution in [2.24, 2.45) is 0 Å². The predicted octanol–water partition coefficient (Wildman–Crippen LogP) is 1.59. The number of hydrogen-bond donors (Lipinski definition) is 2. The van der Waals surface area contributed by atoms with Gasteiger partial charge in [0.2, 0.25) is 5.91 Å². The molecule has 0 aliphatic carbocycles. The van der Waals surface area contributed by atoms with Crippen molar-refractivity contribution in [2.75, 3.05) is 17.3 Å². The molecule has 1 amide bonds. The van der Waals surface area contributed by atoms with Crippen LogP contribution in [0.3, 0.4) is 0 Å². The van der Waals surface area contributed by atoms with Gasteiger partial charge in [-0.1, -0.05) is 0 Å². The number of nitrogens with zero attached hydrogens (tertiary/aromatic N) is 1. The van der Waals surface area contributed by atoms with E-state index in [9.17, 15) is 4.79 Å². The highest BCUT2D eigenvalue weighted by molar-refractivity contribution is 7.98. The van der Waals surface area contributed by atoms with Crippen molar-refractivity contribution < 1.29 is 4.79 Å². The first kappa shape index (κ1) is 9.58. The fourth-order valence-corrected chi connectivity index (χ4v) is 2.27. The fraction of sp³-hybridized carbons (Fsp3) is 0.556. The van der Waals surface area contributed by atoms with Crippen LogP contribution in [0.15, 0.2) is 6.20 Å². The van der Waals surface area contributed by atoms with Crippen molar-refractivity contribution in [3.8, 4) is 0 Å². The SMILES string of the molecule is CSCCC1CC(=O)Nc2[nH]ncc21. The van der Waals surface area contributed by atoms with E-state index in [0.717, 1.165) is 23.6 Å². The van der Waals surface area contributed by atoms with Crippen LogP contribution in [0.5, 0.6) is 0 Å². The maximum absolute atomic E-state index is 11.3. The summed E-state index contributed by atoms with van der Waals surface area (Å²) in [6.07, 6.45) is 5.53. The van der Waals surface area contributed by atoms with Gasteiger partial charge in [-0.25, -0.2) is 0 Å². The molecular weight excluding hydrogens is 198 g/mol. The monoisotopic (exact) mass is 211 g/mol. The molecule has 0 saturated carbocycles. The lowest BCUT2D eigenvalue weighted by Crippen LogP contribution is -2.22.